The third-order valence-electron chi connectivity index (χ3n) is 5.03. The number of hydrogen-bond acceptors (Lipinski definition) is 5. The molecule has 6 heteroatoms. The molecule has 0 radical (unpaired) electrons. The molecule has 0 aromatic heterocycles. The quantitative estimate of drug-likeness (QED) is 0.688. The van der Waals surface area contributed by atoms with E-state index in [9.17, 15) is 14.4 Å². The van der Waals surface area contributed by atoms with Crippen LogP contribution in [0.1, 0.15) is 52.4 Å². The number of amides is 1. The van der Waals surface area contributed by atoms with Crippen LogP contribution in [0.25, 0.3) is 0 Å². The molecule has 23 heavy (non-hydrogen) atoms. The first-order valence-corrected chi connectivity index (χ1v) is 8.60. The molecular formula is C17H27NO5. The molecule has 0 heterocycles. The van der Waals surface area contributed by atoms with E-state index in [2.05, 4.69) is 5.32 Å². The van der Waals surface area contributed by atoms with E-state index in [4.69, 9.17) is 9.47 Å². The molecule has 2 aliphatic carbocycles. The van der Waals surface area contributed by atoms with Gasteiger partial charge in [-0.05, 0) is 50.9 Å². The number of fused-ring (bicyclic) bond motifs is 2. The average molecular weight is 325 g/mol. The van der Waals surface area contributed by atoms with E-state index in [1.54, 1.807) is 6.92 Å². The fourth-order valence-electron chi connectivity index (χ4n) is 3.96. The molecule has 2 rings (SSSR count). The Kier molecular flexibility index (Phi) is 6.42. The molecule has 4 atom stereocenters. The van der Waals surface area contributed by atoms with Crippen LogP contribution in [0.5, 0.6) is 0 Å². The Bertz CT molecular complexity index is 450. The van der Waals surface area contributed by atoms with E-state index in [1.807, 2.05) is 6.92 Å². The molecule has 1 amide bonds. The molecule has 130 valence electrons. The van der Waals surface area contributed by atoms with Gasteiger partial charge in [0.05, 0.1) is 19.4 Å². The number of ether oxygens (including phenoxy) is 2. The van der Waals surface area contributed by atoms with Crippen molar-refractivity contribution in [2.75, 3.05) is 13.2 Å². The van der Waals surface area contributed by atoms with Crippen molar-refractivity contribution in [2.45, 2.75) is 58.4 Å². The minimum Gasteiger partial charge on any atom is -0.466 e. The molecule has 0 saturated heterocycles. The van der Waals surface area contributed by atoms with Crippen LogP contribution in [0.2, 0.25) is 0 Å². The van der Waals surface area contributed by atoms with E-state index in [-0.39, 0.29) is 38.0 Å². The molecule has 6 nitrogen and oxygen atoms in total. The normalized spacial score (nSPS) is 26.6. The largest absolute Gasteiger partial charge is 0.466 e. The standard InChI is InChI=1S/C17H27NO5/c1-3-22-16(20)6-7-17(21)23-10-15(19)18-11(2)14-9-12-4-5-13(14)8-12/h11-14H,3-10H2,1-2H3,(H,18,19)/t11-,12+,13+,14+/m1/s1. The van der Waals surface area contributed by atoms with Crippen LogP contribution in [-0.2, 0) is 23.9 Å². The second-order valence-electron chi connectivity index (χ2n) is 6.66. The molecule has 1 N–H and O–H groups in total. The Hall–Kier alpha value is -1.59. The topological polar surface area (TPSA) is 81.7 Å². The Balaban J connectivity index is 1.61. The first-order chi connectivity index (χ1) is 11.0. The molecule has 0 spiro atoms. The maximum atomic E-state index is 11.9. The highest BCUT2D eigenvalue weighted by Gasteiger charge is 2.42. The predicted molar refractivity (Wildman–Crippen MR) is 83.4 cm³/mol. The van der Waals surface area contributed by atoms with Crippen molar-refractivity contribution >= 4 is 17.8 Å². The van der Waals surface area contributed by atoms with Gasteiger partial charge in [-0.25, -0.2) is 0 Å². The predicted octanol–water partition coefficient (Wildman–Crippen LogP) is 1.81. The summed E-state index contributed by atoms with van der Waals surface area (Å²) in [6.07, 6.45) is 5.03. The van der Waals surface area contributed by atoms with Gasteiger partial charge in [0.15, 0.2) is 6.61 Å². The lowest BCUT2D eigenvalue weighted by Crippen LogP contribution is -2.42. The third kappa shape index (κ3) is 5.22. The van der Waals surface area contributed by atoms with Crippen molar-refractivity contribution in [3.05, 3.63) is 0 Å². The van der Waals surface area contributed by atoms with Crippen LogP contribution >= 0.6 is 0 Å². The van der Waals surface area contributed by atoms with E-state index < -0.39 is 11.9 Å². The van der Waals surface area contributed by atoms with Crippen molar-refractivity contribution in [3.8, 4) is 0 Å². The summed E-state index contributed by atoms with van der Waals surface area (Å²) in [5.74, 6) is 0.869. The van der Waals surface area contributed by atoms with Gasteiger partial charge in [-0.1, -0.05) is 6.42 Å². The monoisotopic (exact) mass is 325 g/mol. The molecule has 0 aromatic rings. The molecule has 2 aliphatic rings. The van der Waals surface area contributed by atoms with Gasteiger partial charge in [-0.3, -0.25) is 14.4 Å². The number of carbonyl (C=O) groups excluding carboxylic acids is 3. The molecular weight excluding hydrogens is 298 g/mol. The van der Waals surface area contributed by atoms with Crippen LogP contribution in [0.15, 0.2) is 0 Å². The van der Waals surface area contributed by atoms with Crippen LogP contribution in [0.3, 0.4) is 0 Å². The third-order valence-corrected chi connectivity index (χ3v) is 5.03. The lowest BCUT2D eigenvalue weighted by Gasteiger charge is -2.28. The average Bonchev–Trinajstić information content (AvgIpc) is 3.14. The second-order valence-corrected chi connectivity index (χ2v) is 6.66. The molecule has 2 fully saturated rings. The van der Waals surface area contributed by atoms with Gasteiger partial charge in [0.2, 0.25) is 0 Å². The summed E-state index contributed by atoms with van der Waals surface area (Å²) in [6, 6.07) is 0.121. The van der Waals surface area contributed by atoms with Crippen LogP contribution < -0.4 is 5.32 Å². The van der Waals surface area contributed by atoms with Gasteiger partial charge in [-0.15, -0.1) is 0 Å². The Morgan fingerprint density at radius 1 is 1.09 bits per heavy atom. The smallest absolute Gasteiger partial charge is 0.306 e. The van der Waals surface area contributed by atoms with Gasteiger partial charge in [0.1, 0.15) is 0 Å². The summed E-state index contributed by atoms with van der Waals surface area (Å²) in [5.41, 5.74) is 0. The van der Waals surface area contributed by atoms with Gasteiger partial charge >= 0.3 is 11.9 Å². The van der Waals surface area contributed by atoms with Gasteiger partial charge in [0.25, 0.3) is 5.91 Å². The van der Waals surface area contributed by atoms with Crippen molar-refractivity contribution < 1.29 is 23.9 Å². The van der Waals surface area contributed by atoms with E-state index >= 15 is 0 Å². The van der Waals surface area contributed by atoms with E-state index in [0.29, 0.717) is 5.92 Å². The van der Waals surface area contributed by atoms with Crippen molar-refractivity contribution in [1.82, 2.24) is 5.32 Å². The molecule has 0 aliphatic heterocycles. The first-order valence-electron chi connectivity index (χ1n) is 8.60. The van der Waals surface area contributed by atoms with Crippen molar-refractivity contribution in [3.63, 3.8) is 0 Å². The van der Waals surface area contributed by atoms with Crippen molar-refractivity contribution in [2.24, 2.45) is 17.8 Å². The van der Waals surface area contributed by atoms with Gasteiger partial charge in [0, 0.05) is 6.04 Å². The van der Waals surface area contributed by atoms with Crippen molar-refractivity contribution in [1.29, 1.82) is 0 Å². The fourth-order valence-corrected chi connectivity index (χ4v) is 3.96. The van der Waals surface area contributed by atoms with E-state index in [0.717, 1.165) is 11.8 Å². The Morgan fingerprint density at radius 2 is 1.78 bits per heavy atom. The van der Waals surface area contributed by atoms with Gasteiger partial charge in [-0.2, -0.15) is 0 Å². The fraction of sp³-hybridized carbons (Fsp3) is 0.824. The summed E-state index contributed by atoms with van der Waals surface area (Å²) in [7, 11) is 0. The highest BCUT2D eigenvalue weighted by atomic mass is 16.5. The van der Waals surface area contributed by atoms with E-state index in [1.165, 1.54) is 25.7 Å². The minimum atomic E-state index is -0.555. The lowest BCUT2D eigenvalue weighted by molar-refractivity contribution is -0.152. The van der Waals surface area contributed by atoms with Gasteiger partial charge < -0.3 is 14.8 Å². The number of nitrogens with one attached hydrogen (secondary N) is 1. The summed E-state index contributed by atoms with van der Waals surface area (Å²) in [6.45, 7) is 3.74. The number of rotatable bonds is 8. The number of hydrogen-bond donors (Lipinski definition) is 1. The summed E-state index contributed by atoms with van der Waals surface area (Å²) >= 11 is 0. The summed E-state index contributed by atoms with van der Waals surface area (Å²) < 4.78 is 9.62. The van der Waals surface area contributed by atoms with Crippen LogP contribution in [0, 0.1) is 17.8 Å². The molecule has 2 saturated carbocycles. The number of esters is 2. The Labute approximate surface area is 137 Å². The SMILES string of the molecule is CCOC(=O)CCC(=O)OCC(=O)N[C@H](C)[C@@H]1C[C@H]2CC[C@H]1C2. The summed E-state index contributed by atoms with van der Waals surface area (Å²) in [5, 5.41) is 2.94. The van der Waals surface area contributed by atoms with Crippen LogP contribution in [-0.4, -0.2) is 37.1 Å². The highest BCUT2D eigenvalue weighted by molar-refractivity contribution is 5.82. The zero-order valence-corrected chi connectivity index (χ0v) is 14.0. The zero-order chi connectivity index (χ0) is 16.8. The number of carbonyl (C=O) groups is 3. The molecule has 2 bridgehead atoms. The molecule has 0 unspecified atom stereocenters. The lowest BCUT2D eigenvalue weighted by atomic mass is 9.84. The second kappa shape index (κ2) is 8.31. The van der Waals surface area contributed by atoms with Crippen LogP contribution in [0.4, 0.5) is 0 Å². The maximum Gasteiger partial charge on any atom is 0.306 e. The molecule has 0 aromatic carbocycles. The summed E-state index contributed by atoms with van der Waals surface area (Å²) in [4.78, 5) is 34.5. The highest BCUT2D eigenvalue weighted by Crippen LogP contribution is 2.49. The first kappa shape index (κ1) is 17.8. The minimum absolute atomic E-state index is 0.0180. The maximum absolute atomic E-state index is 11.9. The zero-order valence-electron chi connectivity index (χ0n) is 14.0. The Morgan fingerprint density at radius 3 is 2.35 bits per heavy atom.